The van der Waals surface area contributed by atoms with E-state index in [2.05, 4.69) is 37.2 Å². The van der Waals surface area contributed by atoms with Gasteiger partial charge in [-0.1, -0.05) is 6.08 Å². The molecular formula is C26H27N7O2. The van der Waals surface area contributed by atoms with E-state index in [-0.39, 0.29) is 12.0 Å². The minimum atomic E-state index is -0.217. The number of aliphatic hydroxyl groups is 1. The van der Waals surface area contributed by atoms with Crippen LogP contribution in [0, 0.1) is 0 Å². The number of piperidine rings is 1. The summed E-state index contributed by atoms with van der Waals surface area (Å²) in [5.74, 6) is 0.475. The summed E-state index contributed by atoms with van der Waals surface area (Å²) >= 11 is 0. The maximum atomic E-state index is 12.8. The third-order valence-electron chi connectivity index (χ3n) is 6.48. The van der Waals surface area contributed by atoms with Crippen molar-refractivity contribution in [1.82, 2.24) is 20.3 Å². The molecule has 0 spiro atoms. The summed E-state index contributed by atoms with van der Waals surface area (Å²) in [4.78, 5) is 32.5. The number of allylic oxidation sites excluding steroid dienone is 1. The molecule has 3 aromatic heterocycles. The number of aliphatic imine (C=N–C) groups is 1. The summed E-state index contributed by atoms with van der Waals surface area (Å²) in [7, 11) is 0. The molecule has 0 saturated carbocycles. The molecule has 0 aromatic carbocycles. The van der Waals surface area contributed by atoms with Gasteiger partial charge in [0.15, 0.2) is 0 Å². The topological polar surface area (TPSA) is 116 Å². The molecule has 0 bridgehead atoms. The molecule has 0 aliphatic carbocycles. The first kappa shape index (κ1) is 22.7. The molecule has 9 nitrogen and oxygen atoms in total. The number of pyridine rings is 3. The molecule has 0 unspecified atom stereocenters. The molecule has 2 aliphatic rings. The maximum Gasteiger partial charge on any atom is 0.254 e. The molecule has 1 saturated heterocycles. The van der Waals surface area contributed by atoms with E-state index in [9.17, 15) is 9.90 Å². The highest BCUT2D eigenvalue weighted by atomic mass is 16.3. The number of aromatic nitrogens is 3. The average Bonchev–Trinajstić information content (AvgIpc) is 3.29. The summed E-state index contributed by atoms with van der Waals surface area (Å²) < 4.78 is 0. The van der Waals surface area contributed by atoms with Gasteiger partial charge in [-0.15, -0.1) is 0 Å². The minimum absolute atomic E-state index is 0.151. The van der Waals surface area contributed by atoms with Gasteiger partial charge in [-0.25, -0.2) is 4.98 Å². The molecule has 9 heteroatoms. The Bertz CT molecular complexity index is 1300. The van der Waals surface area contributed by atoms with Crippen molar-refractivity contribution in [3.63, 3.8) is 0 Å². The second-order valence-corrected chi connectivity index (χ2v) is 8.55. The van der Waals surface area contributed by atoms with Crippen LogP contribution in [0.25, 0.3) is 5.57 Å². The second-order valence-electron chi connectivity index (χ2n) is 8.55. The highest BCUT2D eigenvalue weighted by molar-refractivity contribution is 6.05. The van der Waals surface area contributed by atoms with E-state index in [4.69, 9.17) is 4.98 Å². The van der Waals surface area contributed by atoms with Crippen LogP contribution in [0.3, 0.4) is 0 Å². The van der Waals surface area contributed by atoms with Gasteiger partial charge in [-0.05, 0) is 44.7 Å². The van der Waals surface area contributed by atoms with Crippen LogP contribution in [0.5, 0.6) is 0 Å². The number of rotatable bonds is 6. The van der Waals surface area contributed by atoms with Gasteiger partial charge in [0.2, 0.25) is 0 Å². The predicted molar refractivity (Wildman–Crippen MR) is 137 cm³/mol. The van der Waals surface area contributed by atoms with Crippen molar-refractivity contribution in [3.8, 4) is 0 Å². The third-order valence-corrected chi connectivity index (χ3v) is 6.48. The summed E-state index contributed by atoms with van der Waals surface area (Å²) in [5.41, 5.74) is 6.10. The van der Waals surface area contributed by atoms with E-state index in [0.717, 1.165) is 54.0 Å². The summed E-state index contributed by atoms with van der Waals surface area (Å²) in [6.45, 7) is 7.59. The largest absolute Gasteiger partial charge is 0.393 e. The van der Waals surface area contributed by atoms with Crippen LogP contribution in [0.2, 0.25) is 0 Å². The molecule has 5 rings (SSSR count). The fourth-order valence-electron chi connectivity index (χ4n) is 4.64. The highest BCUT2D eigenvalue weighted by Gasteiger charge is 2.28. The van der Waals surface area contributed by atoms with Gasteiger partial charge in [0.05, 0.1) is 53.0 Å². The van der Waals surface area contributed by atoms with Gasteiger partial charge in [0.1, 0.15) is 5.82 Å². The van der Waals surface area contributed by atoms with Crippen LogP contribution in [-0.4, -0.2) is 51.9 Å². The van der Waals surface area contributed by atoms with Gasteiger partial charge >= 0.3 is 0 Å². The quantitative estimate of drug-likeness (QED) is 0.473. The third kappa shape index (κ3) is 4.38. The lowest BCUT2D eigenvalue weighted by molar-refractivity contribution is 0.0966. The average molecular weight is 470 g/mol. The predicted octanol–water partition coefficient (Wildman–Crippen LogP) is 3.60. The Labute approximate surface area is 203 Å². The van der Waals surface area contributed by atoms with E-state index >= 15 is 0 Å². The monoisotopic (exact) mass is 469 g/mol. The summed E-state index contributed by atoms with van der Waals surface area (Å²) in [6.07, 6.45) is 10.1. The van der Waals surface area contributed by atoms with Gasteiger partial charge in [0, 0.05) is 42.5 Å². The van der Waals surface area contributed by atoms with Crippen LogP contribution in [0.1, 0.15) is 46.9 Å². The van der Waals surface area contributed by atoms with E-state index in [0.29, 0.717) is 29.3 Å². The van der Waals surface area contributed by atoms with Gasteiger partial charge in [-0.3, -0.25) is 19.8 Å². The van der Waals surface area contributed by atoms with Crippen molar-refractivity contribution < 1.29 is 9.90 Å². The second kappa shape index (κ2) is 9.63. The Morgan fingerprint density at radius 2 is 2.06 bits per heavy atom. The lowest BCUT2D eigenvalue weighted by Crippen LogP contribution is -2.35. The molecule has 2 aliphatic heterocycles. The molecular weight excluding hydrogens is 442 g/mol. The number of aliphatic hydroxyl groups excluding tert-OH is 1. The number of hydrogen-bond donors (Lipinski definition) is 3. The van der Waals surface area contributed by atoms with Gasteiger partial charge < -0.3 is 20.6 Å². The number of hydrogen-bond acceptors (Lipinski definition) is 8. The Kier molecular flexibility index (Phi) is 6.24. The number of nitrogens with one attached hydrogen (secondary N) is 2. The van der Waals surface area contributed by atoms with Crippen molar-refractivity contribution in [1.29, 1.82) is 0 Å². The van der Waals surface area contributed by atoms with E-state index in [1.54, 1.807) is 18.6 Å². The zero-order valence-electron chi connectivity index (χ0n) is 19.5. The first-order chi connectivity index (χ1) is 17.1. The fraction of sp³-hybridized carbons (Fsp3) is 0.269. The van der Waals surface area contributed by atoms with Crippen molar-refractivity contribution in [2.45, 2.75) is 32.4 Å². The first-order valence-corrected chi connectivity index (χ1v) is 11.6. The Hall–Kier alpha value is -4.11. The smallest absolute Gasteiger partial charge is 0.254 e. The standard InChI is InChI=1S/C26H27N7O2/c1-3-18(19-6-9-28-14-21(19)27-2)25-20-13-31-26(35)24(20)22(15-30-25)32-23-5-4-16(12-29-23)33-10-7-17(34)8-11-33/h3-6,9,12,14-15,17,34H,2,7-8,10-11,13H2,1H3,(H,29,32)(H,31,35)/b18-3+. The molecule has 5 heterocycles. The molecule has 35 heavy (non-hydrogen) atoms. The summed E-state index contributed by atoms with van der Waals surface area (Å²) in [5, 5.41) is 15.9. The van der Waals surface area contributed by atoms with Crippen molar-refractivity contribution in [2.75, 3.05) is 23.3 Å². The lowest BCUT2D eigenvalue weighted by Gasteiger charge is -2.31. The molecule has 0 atom stereocenters. The van der Waals surface area contributed by atoms with Crippen molar-refractivity contribution >= 4 is 41.1 Å². The zero-order chi connectivity index (χ0) is 24.4. The van der Waals surface area contributed by atoms with Gasteiger partial charge in [-0.2, -0.15) is 0 Å². The van der Waals surface area contributed by atoms with Crippen LogP contribution >= 0.6 is 0 Å². The van der Waals surface area contributed by atoms with E-state index in [1.807, 2.05) is 37.4 Å². The van der Waals surface area contributed by atoms with Crippen LogP contribution in [-0.2, 0) is 6.54 Å². The lowest BCUT2D eigenvalue weighted by atomic mass is 9.96. The Balaban J connectivity index is 1.44. The number of fused-ring (bicyclic) bond motifs is 1. The Morgan fingerprint density at radius 3 is 2.77 bits per heavy atom. The van der Waals surface area contributed by atoms with E-state index in [1.165, 1.54) is 0 Å². The number of anilines is 3. The first-order valence-electron chi connectivity index (χ1n) is 11.6. The van der Waals surface area contributed by atoms with Crippen LogP contribution in [0.4, 0.5) is 22.9 Å². The SMILES string of the molecule is C=Nc1cnccc1/C(=C\C)c1ncc(Nc2ccc(N3CCC(O)CC3)cn2)c2c1CNC2=O. The maximum absolute atomic E-state index is 12.8. The van der Waals surface area contributed by atoms with Crippen LogP contribution in [0.15, 0.2) is 54.1 Å². The molecule has 3 aromatic rings. The van der Waals surface area contributed by atoms with Gasteiger partial charge in [0.25, 0.3) is 5.91 Å². The van der Waals surface area contributed by atoms with Crippen molar-refractivity contribution in [2.24, 2.45) is 4.99 Å². The fourth-order valence-corrected chi connectivity index (χ4v) is 4.64. The number of carbonyl (C=O) groups is 1. The number of nitrogens with zero attached hydrogens (tertiary/aromatic N) is 5. The molecule has 178 valence electrons. The normalized spacial score (nSPS) is 16.1. The molecule has 1 fully saturated rings. The number of carbonyl (C=O) groups excluding carboxylic acids is 1. The van der Waals surface area contributed by atoms with E-state index < -0.39 is 0 Å². The molecule has 0 radical (unpaired) electrons. The number of amides is 1. The van der Waals surface area contributed by atoms with Crippen molar-refractivity contribution in [3.05, 3.63) is 71.4 Å². The molecule has 3 N–H and O–H groups in total. The summed E-state index contributed by atoms with van der Waals surface area (Å²) in [6, 6.07) is 5.77. The minimum Gasteiger partial charge on any atom is -0.393 e. The zero-order valence-corrected chi connectivity index (χ0v) is 19.5. The Morgan fingerprint density at radius 1 is 1.23 bits per heavy atom. The molecule has 1 amide bonds. The highest BCUT2D eigenvalue weighted by Crippen LogP contribution is 2.36. The van der Waals surface area contributed by atoms with Crippen LogP contribution < -0.4 is 15.5 Å².